The molecule has 1 saturated heterocycles. The van der Waals surface area contributed by atoms with Gasteiger partial charge >= 0.3 is 0 Å². The second kappa shape index (κ2) is 1.72. The molecule has 0 radical (unpaired) electrons. The van der Waals surface area contributed by atoms with Crippen molar-refractivity contribution in [1.29, 1.82) is 0 Å². The Balaban J connectivity index is 2.09. The first-order valence-corrected chi connectivity index (χ1v) is 3.67. The van der Waals surface area contributed by atoms with Crippen LogP contribution in [0.1, 0.15) is 19.3 Å². The number of likely N-dealkylation sites (N-methyl/N-ethyl adjacent to an activating group) is 1. The predicted molar refractivity (Wildman–Crippen MR) is 37.7 cm³/mol. The first-order chi connectivity index (χ1) is 4.39. The van der Waals surface area contributed by atoms with Gasteiger partial charge in [-0.2, -0.15) is 0 Å². The highest BCUT2D eigenvalue weighted by Gasteiger charge is 2.38. The molecule has 2 heteroatoms. The Morgan fingerprint density at radius 1 is 1.56 bits per heavy atom. The van der Waals surface area contributed by atoms with E-state index >= 15 is 0 Å². The first kappa shape index (κ1) is 5.27. The van der Waals surface area contributed by atoms with E-state index in [0.717, 1.165) is 12.6 Å². The maximum atomic E-state index is 4.42. The van der Waals surface area contributed by atoms with Gasteiger partial charge in [-0.15, -0.1) is 0 Å². The zero-order valence-corrected chi connectivity index (χ0v) is 5.80. The SMILES string of the molecule is CN1C2=NCCCCC21. The number of hydrogen-bond donors (Lipinski definition) is 0. The van der Waals surface area contributed by atoms with Crippen molar-refractivity contribution in [2.24, 2.45) is 4.99 Å². The zero-order valence-electron chi connectivity index (χ0n) is 5.80. The summed E-state index contributed by atoms with van der Waals surface area (Å²) in [5, 5.41) is 0. The minimum absolute atomic E-state index is 0.743. The molecule has 0 aliphatic carbocycles. The lowest BCUT2D eigenvalue weighted by molar-refractivity contribution is 0.563. The molecule has 2 aliphatic rings. The maximum Gasteiger partial charge on any atom is 0.122 e. The van der Waals surface area contributed by atoms with E-state index in [-0.39, 0.29) is 0 Å². The molecule has 0 bridgehead atoms. The van der Waals surface area contributed by atoms with Crippen LogP contribution in [0.4, 0.5) is 0 Å². The largest absolute Gasteiger partial charge is 0.352 e. The maximum absolute atomic E-state index is 4.42. The summed E-state index contributed by atoms with van der Waals surface area (Å²) in [5.41, 5.74) is 0. The molecular formula is C7H12N2. The van der Waals surface area contributed by atoms with Gasteiger partial charge in [-0.1, -0.05) is 0 Å². The predicted octanol–water partition coefficient (Wildman–Crippen LogP) is 0.883. The molecule has 1 fully saturated rings. The molecule has 2 rings (SSSR count). The van der Waals surface area contributed by atoms with Gasteiger partial charge in [-0.05, 0) is 19.3 Å². The third kappa shape index (κ3) is 0.732. The summed E-state index contributed by atoms with van der Waals surface area (Å²) in [4.78, 5) is 6.70. The minimum Gasteiger partial charge on any atom is -0.352 e. The lowest BCUT2D eigenvalue weighted by Crippen LogP contribution is -1.94. The molecule has 1 unspecified atom stereocenters. The smallest absolute Gasteiger partial charge is 0.122 e. The normalized spacial score (nSPS) is 32.8. The van der Waals surface area contributed by atoms with E-state index in [4.69, 9.17) is 0 Å². The van der Waals surface area contributed by atoms with Gasteiger partial charge in [0.25, 0.3) is 0 Å². The Hall–Kier alpha value is -0.530. The molecule has 2 nitrogen and oxygen atoms in total. The third-order valence-corrected chi connectivity index (χ3v) is 2.22. The van der Waals surface area contributed by atoms with E-state index in [9.17, 15) is 0 Å². The number of hydrogen-bond acceptors (Lipinski definition) is 2. The summed E-state index contributed by atoms with van der Waals surface area (Å²) < 4.78 is 0. The lowest BCUT2D eigenvalue weighted by Gasteiger charge is -1.94. The molecule has 50 valence electrons. The van der Waals surface area contributed by atoms with Gasteiger partial charge in [0.05, 0.1) is 6.04 Å². The molecule has 0 spiro atoms. The fourth-order valence-electron chi connectivity index (χ4n) is 1.51. The molecular weight excluding hydrogens is 112 g/mol. The van der Waals surface area contributed by atoms with Crippen molar-refractivity contribution < 1.29 is 0 Å². The first-order valence-electron chi connectivity index (χ1n) is 3.67. The Morgan fingerprint density at radius 2 is 2.44 bits per heavy atom. The van der Waals surface area contributed by atoms with Crippen LogP contribution in [0.3, 0.4) is 0 Å². The summed E-state index contributed by atoms with van der Waals surface area (Å²) in [5.74, 6) is 1.35. The van der Waals surface area contributed by atoms with E-state index in [1.54, 1.807) is 0 Å². The number of aliphatic imine (C=N–C) groups is 1. The van der Waals surface area contributed by atoms with Crippen LogP contribution in [-0.4, -0.2) is 30.4 Å². The second-order valence-electron chi connectivity index (χ2n) is 2.86. The van der Waals surface area contributed by atoms with Crippen molar-refractivity contribution in [3.63, 3.8) is 0 Å². The highest BCUT2D eigenvalue weighted by atomic mass is 15.4. The van der Waals surface area contributed by atoms with Gasteiger partial charge in [0.15, 0.2) is 0 Å². The highest BCUT2D eigenvalue weighted by molar-refractivity contribution is 6.01. The summed E-state index contributed by atoms with van der Waals surface area (Å²) in [6, 6.07) is 0.743. The molecule has 0 saturated carbocycles. The standard InChI is InChI=1S/C7H12N2/c1-9-6-4-2-3-5-8-7(6)9/h6H,2-5H2,1H3. The van der Waals surface area contributed by atoms with Crippen LogP contribution in [-0.2, 0) is 0 Å². The molecule has 0 amide bonds. The van der Waals surface area contributed by atoms with Crippen LogP contribution in [0.2, 0.25) is 0 Å². The van der Waals surface area contributed by atoms with Crippen LogP contribution < -0.4 is 0 Å². The van der Waals surface area contributed by atoms with Crippen LogP contribution in [0, 0.1) is 0 Å². The molecule has 0 aromatic carbocycles. The molecule has 9 heavy (non-hydrogen) atoms. The number of amidine groups is 1. The van der Waals surface area contributed by atoms with Gasteiger partial charge in [0.1, 0.15) is 5.84 Å². The van der Waals surface area contributed by atoms with E-state index in [0.29, 0.717) is 0 Å². The number of nitrogens with zero attached hydrogens (tertiary/aromatic N) is 2. The van der Waals surface area contributed by atoms with Crippen LogP contribution >= 0.6 is 0 Å². The number of rotatable bonds is 0. The second-order valence-corrected chi connectivity index (χ2v) is 2.86. The molecule has 2 heterocycles. The summed E-state index contributed by atoms with van der Waals surface area (Å²) in [7, 11) is 2.13. The quantitative estimate of drug-likeness (QED) is 0.438. The zero-order chi connectivity index (χ0) is 6.27. The van der Waals surface area contributed by atoms with Crippen molar-refractivity contribution >= 4 is 5.84 Å². The van der Waals surface area contributed by atoms with Gasteiger partial charge in [0, 0.05) is 13.6 Å². The van der Waals surface area contributed by atoms with Crippen molar-refractivity contribution in [2.75, 3.05) is 13.6 Å². The summed E-state index contributed by atoms with van der Waals surface area (Å²) in [6.45, 7) is 1.07. The van der Waals surface area contributed by atoms with Gasteiger partial charge in [-0.25, -0.2) is 0 Å². The molecule has 2 aliphatic heterocycles. The van der Waals surface area contributed by atoms with Gasteiger partial charge in [-0.3, -0.25) is 4.99 Å². The monoisotopic (exact) mass is 124 g/mol. The van der Waals surface area contributed by atoms with Gasteiger partial charge in [0.2, 0.25) is 0 Å². The topological polar surface area (TPSA) is 15.4 Å². The average molecular weight is 124 g/mol. The molecule has 0 aromatic rings. The van der Waals surface area contributed by atoms with Crippen molar-refractivity contribution in [3.05, 3.63) is 0 Å². The van der Waals surface area contributed by atoms with E-state index in [1.165, 1.54) is 25.1 Å². The highest BCUT2D eigenvalue weighted by Crippen LogP contribution is 2.26. The average Bonchev–Trinajstić information content (AvgIpc) is 2.51. The Morgan fingerprint density at radius 3 is 3.33 bits per heavy atom. The molecule has 0 N–H and O–H groups in total. The Labute approximate surface area is 55.6 Å². The fraction of sp³-hybridized carbons (Fsp3) is 0.857. The molecule has 1 atom stereocenters. The molecule has 0 aromatic heterocycles. The summed E-state index contributed by atoms with van der Waals surface area (Å²) in [6.07, 6.45) is 4.01. The Bertz CT molecular complexity index is 151. The fourth-order valence-corrected chi connectivity index (χ4v) is 1.51. The lowest BCUT2D eigenvalue weighted by atomic mass is 10.2. The van der Waals surface area contributed by atoms with E-state index < -0.39 is 0 Å². The third-order valence-electron chi connectivity index (χ3n) is 2.22. The van der Waals surface area contributed by atoms with Crippen molar-refractivity contribution in [1.82, 2.24) is 4.90 Å². The van der Waals surface area contributed by atoms with E-state index in [2.05, 4.69) is 16.9 Å². The Kier molecular flexibility index (Phi) is 1.01. The summed E-state index contributed by atoms with van der Waals surface area (Å²) >= 11 is 0. The number of fused-ring (bicyclic) bond motifs is 1. The van der Waals surface area contributed by atoms with Crippen LogP contribution in [0.25, 0.3) is 0 Å². The van der Waals surface area contributed by atoms with E-state index in [1.807, 2.05) is 0 Å². The van der Waals surface area contributed by atoms with Crippen LogP contribution in [0.5, 0.6) is 0 Å². The van der Waals surface area contributed by atoms with Crippen molar-refractivity contribution in [2.45, 2.75) is 25.3 Å². The van der Waals surface area contributed by atoms with Gasteiger partial charge < -0.3 is 4.90 Å². The minimum atomic E-state index is 0.743. The van der Waals surface area contributed by atoms with Crippen LogP contribution in [0.15, 0.2) is 4.99 Å². The van der Waals surface area contributed by atoms with Crippen molar-refractivity contribution in [3.8, 4) is 0 Å².